The molecule has 82 valence electrons. The van der Waals surface area contributed by atoms with Crippen LogP contribution in [-0.4, -0.2) is 19.0 Å². The molecule has 0 bridgehead atoms. The normalized spacial score (nSPS) is 10.0. The lowest BCUT2D eigenvalue weighted by molar-refractivity contribution is -0.120. The number of hydrogen-bond donors (Lipinski definition) is 2. The summed E-state index contributed by atoms with van der Waals surface area (Å²) in [4.78, 5) is 11.3. The van der Waals surface area contributed by atoms with Crippen LogP contribution >= 0.6 is 15.9 Å². The van der Waals surface area contributed by atoms with Crippen molar-refractivity contribution in [1.82, 2.24) is 5.32 Å². The molecule has 1 amide bonds. The largest absolute Gasteiger partial charge is 0.355 e. The summed E-state index contributed by atoms with van der Waals surface area (Å²) in [6.45, 7) is 1.04. The van der Waals surface area contributed by atoms with E-state index in [0.717, 1.165) is 16.5 Å². The van der Waals surface area contributed by atoms with Gasteiger partial charge in [-0.2, -0.15) is 0 Å². The van der Waals surface area contributed by atoms with Gasteiger partial charge in [0.1, 0.15) is 0 Å². The van der Waals surface area contributed by atoms with Crippen molar-refractivity contribution in [2.75, 3.05) is 13.1 Å². The molecular weight excluding hydrogens is 256 g/mol. The topological polar surface area (TPSA) is 55.1 Å². The zero-order valence-electron chi connectivity index (χ0n) is 8.50. The summed E-state index contributed by atoms with van der Waals surface area (Å²) >= 11 is 3.45. The third-order valence-electron chi connectivity index (χ3n) is 2.05. The second-order valence-corrected chi connectivity index (χ2v) is 4.08. The number of carbonyl (C=O) groups excluding carboxylic acids is 1. The van der Waals surface area contributed by atoms with Gasteiger partial charge in [-0.3, -0.25) is 4.79 Å². The Labute approximate surface area is 98.2 Å². The maximum atomic E-state index is 11.3. The monoisotopic (exact) mass is 270 g/mol. The van der Waals surface area contributed by atoms with Gasteiger partial charge >= 0.3 is 0 Å². The van der Waals surface area contributed by atoms with Crippen LogP contribution in [0.1, 0.15) is 12.0 Å². The number of halogens is 1. The zero-order valence-corrected chi connectivity index (χ0v) is 10.1. The fourth-order valence-corrected chi connectivity index (χ4v) is 1.73. The van der Waals surface area contributed by atoms with Crippen LogP contribution in [0.5, 0.6) is 0 Å². The summed E-state index contributed by atoms with van der Waals surface area (Å²) in [5.41, 5.74) is 6.44. The first-order valence-corrected chi connectivity index (χ1v) is 5.73. The third kappa shape index (κ3) is 4.44. The molecule has 0 aliphatic carbocycles. The van der Waals surface area contributed by atoms with Crippen LogP contribution in [0.15, 0.2) is 28.7 Å². The van der Waals surface area contributed by atoms with Gasteiger partial charge in [0.2, 0.25) is 5.91 Å². The van der Waals surface area contributed by atoms with Crippen LogP contribution in [0.2, 0.25) is 0 Å². The Morgan fingerprint density at radius 2 is 2.13 bits per heavy atom. The highest BCUT2D eigenvalue weighted by Gasteiger charge is 2.03. The Balaban J connectivity index is 2.37. The number of rotatable bonds is 5. The molecular formula is C11H15BrN2O. The Kier molecular flexibility index (Phi) is 5.36. The molecule has 0 radical (unpaired) electrons. The van der Waals surface area contributed by atoms with E-state index in [1.807, 2.05) is 24.3 Å². The maximum Gasteiger partial charge on any atom is 0.220 e. The van der Waals surface area contributed by atoms with E-state index in [-0.39, 0.29) is 5.91 Å². The van der Waals surface area contributed by atoms with Crippen LogP contribution in [0.3, 0.4) is 0 Å². The summed E-state index contributed by atoms with van der Waals surface area (Å²) < 4.78 is 1.05. The van der Waals surface area contributed by atoms with Crippen LogP contribution in [-0.2, 0) is 11.2 Å². The van der Waals surface area contributed by atoms with Crippen molar-refractivity contribution < 1.29 is 4.79 Å². The third-order valence-corrected chi connectivity index (χ3v) is 2.82. The average molecular weight is 271 g/mol. The predicted octanol–water partition coefficient (Wildman–Crippen LogP) is 1.46. The van der Waals surface area contributed by atoms with E-state index in [1.54, 1.807) is 0 Å². The lowest BCUT2D eigenvalue weighted by Crippen LogP contribution is -2.29. The van der Waals surface area contributed by atoms with Gasteiger partial charge in [0.15, 0.2) is 0 Å². The molecule has 0 unspecified atom stereocenters. The van der Waals surface area contributed by atoms with Crippen LogP contribution in [0.4, 0.5) is 0 Å². The van der Waals surface area contributed by atoms with E-state index in [1.165, 1.54) is 0 Å². The Morgan fingerprint density at radius 3 is 2.80 bits per heavy atom. The standard InChI is InChI=1S/C11H15BrN2O/c12-10-4-2-1-3-9(10)5-6-11(15)14-8-7-13/h1-4H,5-8,13H2,(H,14,15). The Bertz CT molecular complexity index is 328. The second kappa shape index (κ2) is 6.58. The molecule has 1 aromatic rings. The van der Waals surface area contributed by atoms with Gasteiger partial charge in [-0.15, -0.1) is 0 Å². The number of carbonyl (C=O) groups is 1. The smallest absolute Gasteiger partial charge is 0.220 e. The fourth-order valence-electron chi connectivity index (χ4n) is 1.25. The van der Waals surface area contributed by atoms with Crippen LogP contribution in [0, 0.1) is 0 Å². The summed E-state index contributed by atoms with van der Waals surface area (Å²) in [7, 11) is 0. The number of aryl methyl sites for hydroxylation is 1. The molecule has 15 heavy (non-hydrogen) atoms. The molecule has 0 spiro atoms. The lowest BCUT2D eigenvalue weighted by Gasteiger charge is -2.05. The average Bonchev–Trinajstić information content (AvgIpc) is 2.25. The molecule has 0 aliphatic rings. The summed E-state index contributed by atoms with van der Waals surface area (Å²) in [5.74, 6) is 0.0520. The van der Waals surface area contributed by atoms with Gasteiger partial charge in [0.25, 0.3) is 0 Å². The molecule has 0 saturated carbocycles. The minimum atomic E-state index is 0.0520. The van der Waals surface area contributed by atoms with Crippen molar-refractivity contribution in [3.63, 3.8) is 0 Å². The van der Waals surface area contributed by atoms with Gasteiger partial charge in [-0.05, 0) is 18.1 Å². The minimum absolute atomic E-state index is 0.0520. The Hall–Kier alpha value is -0.870. The van der Waals surface area contributed by atoms with Crippen LogP contribution < -0.4 is 11.1 Å². The van der Waals surface area contributed by atoms with Crippen LogP contribution in [0.25, 0.3) is 0 Å². The van der Waals surface area contributed by atoms with Gasteiger partial charge in [0, 0.05) is 24.0 Å². The number of nitrogens with two attached hydrogens (primary N) is 1. The van der Waals surface area contributed by atoms with E-state index in [0.29, 0.717) is 19.5 Å². The van der Waals surface area contributed by atoms with Gasteiger partial charge in [-0.25, -0.2) is 0 Å². The molecule has 3 N–H and O–H groups in total. The number of hydrogen-bond acceptors (Lipinski definition) is 2. The van der Waals surface area contributed by atoms with Crippen molar-refractivity contribution in [2.45, 2.75) is 12.8 Å². The first-order valence-electron chi connectivity index (χ1n) is 4.94. The van der Waals surface area contributed by atoms with Crippen molar-refractivity contribution in [3.05, 3.63) is 34.3 Å². The molecule has 0 heterocycles. The quantitative estimate of drug-likeness (QED) is 0.851. The van der Waals surface area contributed by atoms with E-state index in [2.05, 4.69) is 21.2 Å². The molecule has 0 aliphatic heterocycles. The Morgan fingerprint density at radius 1 is 1.40 bits per heavy atom. The number of amides is 1. The van der Waals surface area contributed by atoms with Crippen molar-refractivity contribution in [3.8, 4) is 0 Å². The van der Waals surface area contributed by atoms with E-state index in [4.69, 9.17) is 5.73 Å². The van der Waals surface area contributed by atoms with Crippen molar-refractivity contribution in [2.24, 2.45) is 5.73 Å². The first-order chi connectivity index (χ1) is 7.24. The predicted molar refractivity (Wildman–Crippen MR) is 64.5 cm³/mol. The van der Waals surface area contributed by atoms with E-state index >= 15 is 0 Å². The number of nitrogens with one attached hydrogen (secondary N) is 1. The molecule has 0 saturated heterocycles. The minimum Gasteiger partial charge on any atom is -0.355 e. The maximum absolute atomic E-state index is 11.3. The molecule has 0 atom stereocenters. The first kappa shape index (κ1) is 12.2. The van der Waals surface area contributed by atoms with Crippen molar-refractivity contribution >= 4 is 21.8 Å². The van der Waals surface area contributed by atoms with E-state index in [9.17, 15) is 4.79 Å². The SMILES string of the molecule is NCCNC(=O)CCc1ccccc1Br. The molecule has 1 rings (SSSR count). The van der Waals surface area contributed by atoms with E-state index < -0.39 is 0 Å². The molecule has 3 nitrogen and oxygen atoms in total. The van der Waals surface area contributed by atoms with Gasteiger partial charge in [-0.1, -0.05) is 34.1 Å². The molecule has 4 heteroatoms. The highest BCUT2D eigenvalue weighted by Crippen LogP contribution is 2.17. The molecule has 0 fully saturated rings. The fraction of sp³-hybridized carbons (Fsp3) is 0.364. The van der Waals surface area contributed by atoms with Gasteiger partial charge < -0.3 is 11.1 Å². The zero-order chi connectivity index (χ0) is 11.1. The van der Waals surface area contributed by atoms with Crippen molar-refractivity contribution in [1.29, 1.82) is 0 Å². The number of benzene rings is 1. The highest BCUT2D eigenvalue weighted by molar-refractivity contribution is 9.10. The highest BCUT2D eigenvalue weighted by atomic mass is 79.9. The molecule has 1 aromatic carbocycles. The summed E-state index contributed by atoms with van der Waals surface area (Å²) in [6.07, 6.45) is 1.25. The summed E-state index contributed by atoms with van der Waals surface area (Å²) in [5, 5.41) is 2.74. The summed E-state index contributed by atoms with van der Waals surface area (Å²) in [6, 6.07) is 7.92. The van der Waals surface area contributed by atoms with Gasteiger partial charge in [0.05, 0.1) is 0 Å². The molecule has 0 aromatic heterocycles. The second-order valence-electron chi connectivity index (χ2n) is 3.23. The lowest BCUT2D eigenvalue weighted by atomic mass is 10.1.